The van der Waals surface area contributed by atoms with Gasteiger partial charge in [-0.05, 0) is 0 Å². The molecule has 1 aliphatic carbocycles. The van der Waals surface area contributed by atoms with Gasteiger partial charge in [0.2, 0.25) is 6.29 Å². The molecule has 5 fully saturated rings. The molecule has 1 saturated carbocycles. The van der Waals surface area contributed by atoms with E-state index in [4.69, 9.17) is 59.0 Å². The lowest BCUT2D eigenvalue weighted by atomic mass is 9.82. The third-order valence-corrected chi connectivity index (χ3v) is 8.21. The maximum atomic E-state index is 12.3. The molecule has 44 heavy (non-hydrogen) atoms. The van der Waals surface area contributed by atoms with Crippen molar-refractivity contribution in [2.75, 3.05) is 13.2 Å². The molecule has 0 spiro atoms. The van der Waals surface area contributed by atoms with E-state index in [0.717, 1.165) is 27.7 Å². The van der Waals surface area contributed by atoms with Crippen LogP contribution in [0.5, 0.6) is 0 Å². The molecule has 0 aromatic carbocycles. The third kappa shape index (κ3) is 7.09. The molecule has 5 aliphatic rings. The molecule has 4 heterocycles. The number of carbonyl (C=O) groups excluding carboxylic acids is 6. The van der Waals surface area contributed by atoms with Gasteiger partial charge in [-0.25, -0.2) is 0 Å². The monoisotopic (exact) mass is 650 g/mol. The maximum absolute atomic E-state index is 12.3. The normalized spacial score (nSPS) is 38.9. The zero-order chi connectivity index (χ0) is 32.5. The Kier molecular flexibility index (Phi) is 10.4. The summed E-state index contributed by atoms with van der Waals surface area (Å²) in [5, 5.41) is -1.07. The fourth-order valence-electron chi connectivity index (χ4n) is 6.28. The molecule has 4 aliphatic heterocycles. The van der Waals surface area contributed by atoms with E-state index >= 15 is 0 Å². The SMILES string of the molecule is CC(=O)OC[C@H]1O[C@@H](O[C@@H]2O[C@@H]3C[C@H]4[C@H](OC(C)=O)[C@@H](Cl)[C@@](OC(C)=O)(CO3)[C@H]24)[C@H](OC(C)=O)[C@@H](OC(C)=O)[C@@H]1OC(C)=O. The van der Waals surface area contributed by atoms with Gasteiger partial charge < -0.3 is 47.4 Å². The molecular weight excluding hydrogens is 616 g/mol. The summed E-state index contributed by atoms with van der Waals surface area (Å²) >= 11 is 6.84. The van der Waals surface area contributed by atoms with Crippen LogP contribution in [0, 0.1) is 11.8 Å². The Morgan fingerprint density at radius 2 is 1.27 bits per heavy atom. The summed E-state index contributed by atoms with van der Waals surface area (Å²) in [6.45, 7) is 6.12. The number of hydrogen-bond donors (Lipinski definition) is 0. The van der Waals surface area contributed by atoms with Crippen molar-refractivity contribution >= 4 is 47.4 Å². The fourth-order valence-corrected chi connectivity index (χ4v) is 6.78. The van der Waals surface area contributed by atoms with E-state index in [9.17, 15) is 28.8 Å². The van der Waals surface area contributed by atoms with Crippen molar-refractivity contribution in [2.45, 2.75) is 108 Å². The highest BCUT2D eigenvalue weighted by Crippen LogP contribution is 2.57. The van der Waals surface area contributed by atoms with E-state index < -0.39 is 115 Å². The smallest absolute Gasteiger partial charge is 0.303 e. The predicted molar refractivity (Wildman–Crippen MR) is 139 cm³/mol. The Morgan fingerprint density at radius 1 is 0.705 bits per heavy atom. The molecule has 246 valence electrons. The molecule has 0 aromatic rings. The van der Waals surface area contributed by atoms with Gasteiger partial charge in [-0.2, -0.15) is 0 Å². The van der Waals surface area contributed by atoms with Crippen molar-refractivity contribution in [3.63, 3.8) is 0 Å². The average molecular weight is 651 g/mol. The summed E-state index contributed by atoms with van der Waals surface area (Å²) in [5.41, 5.74) is -1.59. The molecule has 0 radical (unpaired) electrons. The zero-order valence-electron chi connectivity index (χ0n) is 24.9. The Bertz CT molecular complexity index is 1160. The van der Waals surface area contributed by atoms with Gasteiger partial charge in [-0.15, -0.1) is 11.6 Å². The second-order valence-corrected chi connectivity index (χ2v) is 11.4. The van der Waals surface area contributed by atoms with Gasteiger partial charge in [-0.1, -0.05) is 0 Å². The van der Waals surface area contributed by atoms with Gasteiger partial charge >= 0.3 is 35.8 Å². The van der Waals surface area contributed by atoms with Crippen LogP contribution < -0.4 is 0 Å². The number of carbonyl (C=O) groups is 6. The lowest BCUT2D eigenvalue weighted by Crippen LogP contribution is -2.64. The average Bonchev–Trinajstić information content (AvgIpc) is 3.01. The predicted octanol–water partition coefficient (Wildman–Crippen LogP) is 0.276. The third-order valence-electron chi connectivity index (χ3n) is 7.59. The first kappa shape index (κ1) is 33.8. The minimum absolute atomic E-state index is 0.202. The van der Waals surface area contributed by atoms with Gasteiger partial charge in [0, 0.05) is 53.9 Å². The van der Waals surface area contributed by atoms with E-state index in [1.807, 2.05) is 0 Å². The van der Waals surface area contributed by atoms with Gasteiger partial charge in [0.25, 0.3) is 0 Å². The van der Waals surface area contributed by atoms with Gasteiger partial charge in [0.05, 0.1) is 12.5 Å². The van der Waals surface area contributed by atoms with E-state index in [2.05, 4.69) is 0 Å². The Hall–Kier alpha value is -3.05. The molecule has 12 atom stereocenters. The molecule has 4 saturated heterocycles. The number of alkyl halides is 1. The zero-order valence-corrected chi connectivity index (χ0v) is 25.6. The Balaban J connectivity index is 1.75. The number of fused-ring (bicyclic) bond motifs is 2. The summed E-state index contributed by atoms with van der Waals surface area (Å²) in [4.78, 5) is 72.4. The van der Waals surface area contributed by atoms with Crippen molar-refractivity contribution in [1.82, 2.24) is 0 Å². The first-order chi connectivity index (χ1) is 20.6. The van der Waals surface area contributed by atoms with Crippen LogP contribution in [0.3, 0.4) is 0 Å². The highest BCUT2D eigenvalue weighted by Gasteiger charge is 2.71. The van der Waals surface area contributed by atoms with Crippen LogP contribution in [0.15, 0.2) is 0 Å². The number of ether oxygens (including phenoxy) is 10. The van der Waals surface area contributed by atoms with Crippen LogP contribution in [0.25, 0.3) is 0 Å². The summed E-state index contributed by atoms with van der Waals surface area (Å²) in [7, 11) is 0. The number of halogens is 1. The highest BCUT2D eigenvalue weighted by molar-refractivity contribution is 6.22. The number of hydrogen-bond acceptors (Lipinski definition) is 16. The molecule has 0 N–H and O–H groups in total. The van der Waals surface area contributed by atoms with E-state index in [-0.39, 0.29) is 13.0 Å². The standard InChI is InChI=1S/C27H35ClO16/c1-10(29)35-8-17-21(38-12(3)31)22(39-13(4)32)23(40-14(5)33)26(41-17)43-25-19-16-7-18(42-25)36-9-27(19,44-15(6)34)24(28)20(16)37-11(2)30/h16-26H,7-9H2,1-6H3/t16-,17-,18-,19+,20+,21-,22+,23-,24-,25+,26+,27-/m1/s1. The molecule has 0 amide bonds. The maximum Gasteiger partial charge on any atom is 0.303 e. The Labute approximate surface area is 257 Å². The largest absolute Gasteiger partial charge is 0.463 e. The molecule has 16 nitrogen and oxygen atoms in total. The van der Waals surface area contributed by atoms with E-state index in [1.165, 1.54) is 13.8 Å². The van der Waals surface area contributed by atoms with Crippen LogP contribution in [-0.4, -0.2) is 109 Å². The lowest BCUT2D eigenvalue weighted by Gasteiger charge is -2.46. The van der Waals surface area contributed by atoms with Crippen LogP contribution >= 0.6 is 11.6 Å². The molecule has 4 bridgehead atoms. The molecule has 5 rings (SSSR count). The molecular formula is C27H35ClO16. The van der Waals surface area contributed by atoms with Crippen molar-refractivity contribution in [3.05, 3.63) is 0 Å². The van der Waals surface area contributed by atoms with Crippen molar-refractivity contribution < 1.29 is 76.1 Å². The first-order valence-corrected chi connectivity index (χ1v) is 14.3. The van der Waals surface area contributed by atoms with E-state index in [0.29, 0.717) is 0 Å². The van der Waals surface area contributed by atoms with Gasteiger partial charge in [-0.3, -0.25) is 28.8 Å². The molecule has 0 aromatic heterocycles. The second kappa shape index (κ2) is 13.5. The van der Waals surface area contributed by atoms with Crippen molar-refractivity contribution in [3.8, 4) is 0 Å². The molecule has 17 heteroatoms. The van der Waals surface area contributed by atoms with Gasteiger partial charge in [0.1, 0.15) is 24.2 Å². The van der Waals surface area contributed by atoms with Crippen LogP contribution in [-0.2, 0) is 76.1 Å². The van der Waals surface area contributed by atoms with Crippen LogP contribution in [0.2, 0.25) is 0 Å². The minimum Gasteiger partial charge on any atom is -0.463 e. The van der Waals surface area contributed by atoms with E-state index in [1.54, 1.807) is 0 Å². The van der Waals surface area contributed by atoms with Crippen LogP contribution in [0.1, 0.15) is 48.0 Å². The number of esters is 6. The summed E-state index contributed by atoms with van der Waals surface area (Å²) in [5.74, 6) is -5.93. The second-order valence-electron chi connectivity index (χ2n) is 10.9. The quantitative estimate of drug-likeness (QED) is 0.187. The summed E-state index contributed by atoms with van der Waals surface area (Å²) in [6, 6.07) is 0. The topological polar surface area (TPSA) is 195 Å². The molecule has 0 unspecified atom stereocenters. The summed E-state index contributed by atoms with van der Waals surface area (Å²) < 4.78 is 57.0. The summed E-state index contributed by atoms with van der Waals surface area (Å²) in [6.07, 6.45) is -10.3. The fraction of sp³-hybridized carbons (Fsp3) is 0.778. The van der Waals surface area contributed by atoms with Gasteiger partial charge in [0.15, 0.2) is 36.5 Å². The first-order valence-electron chi connectivity index (χ1n) is 13.9. The Morgan fingerprint density at radius 3 is 1.84 bits per heavy atom. The van der Waals surface area contributed by atoms with Crippen LogP contribution in [0.4, 0.5) is 0 Å². The minimum atomic E-state index is -1.60. The number of rotatable bonds is 9. The van der Waals surface area contributed by atoms with Crippen molar-refractivity contribution in [1.29, 1.82) is 0 Å². The highest BCUT2D eigenvalue weighted by atomic mass is 35.5. The van der Waals surface area contributed by atoms with Crippen molar-refractivity contribution in [2.24, 2.45) is 11.8 Å². The lowest BCUT2D eigenvalue weighted by molar-refractivity contribution is -0.371.